The highest BCUT2D eigenvalue weighted by Crippen LogP contribution is 2.25. The van der Waals surface area contributed by atoms with Crippen LogP contribution in [0.3, 0.4) is 0 Å². The Morgan fingerprint density at radius 1 is 1.13 bits per heavy atom. The third-order valence-corrected chi connectivity index (χ3v) is 5.23. The van der Waals surface area contributed by atoms with Crippen molar-refractivity contribution in [1.29, 1.82) is 0 Å². The first-order chi connectivity index (χ1) is 14.5. The van der Waals surface area contributed by atoms with Crippen LogP contribution in [0.15, 0.2) is 59.1 Å². The number of piperidine rings is 1. The number of nitrogens with one attached hydrogen (secondary N) is 1. The summed E-state index contributed by atoms with van der Waals surface area (Å²) in [5.74, 6) is -0.362. The lowest BCUT2D eigenvalue weighted by Crippen LogP contribution is -2.43. The number of hydrogen-bond acceptors (Lipinski definition) is 4. The lowest BCUT2D eigenvalue weighted by Gasteiger charge is -2.31. The first-order valence-corrected chi connectivity index (χ1v) is 9.89. The van der Waals surface area contributed by atoms with Gasteiger partial charge in [0.25, 0.3) is 5.91 Å². The van der Waals surface area contributed by atoms with E-state index in [-0.39, 0.29) is 29.2 Å². The van der Waals surface area contributed by atoms with E-state index in [9.17, 15) is 14.0 Å². The number of hydrogen-bond donors (Lipinski definition) is 1. The van der Waals surface area contributed by atoms with E-state index in [0.717, 1.165) is 17.5 Å². The Hall–Kier alpha value is -3.48. The smallest absolute Gasteiger partial charge is 0.276 e. The number of amides is 2. The maximum Gasteiger partial charge on any atom is 0.276 e. The molecule has 154 valence electrons. The van der Waals surface area contributed by atoms with Crippen LogP contribution in [0.1, 0.15) is 29.1 Å². The van der Waals surface area contributed by atoms with E-state index in [2.05, 4.69) is 10.5 Å². The van der Waals surface area contributed by atoms with Gasteiger partial charge in [-0.1, -0.05) is 29.4 Å². The van der Waals surface area contributed by atoms with Crippen molar-refractivity contribution in [3.05, 3.63) is 71.9 Å². The molecule has 1 N–H and O–H groups in total. The molecule has 2 amide bonds. The summed E-state index contributed by atoms with van der Waals surface area (Å²) in [5.41, 5.74) is 2.68. The summed E-state index contributed by atoms with van der Waals surface area (Å²) in [4.78, 5) is 27.1. The van der Waals surface area contributed by atoms with Crippen molar-refractivity contribution >= 4 is 17.5 Å². The number of carbonyl (C=O) groups is 2. The molecule has 0 saturated carbocycles. The molecule has 1 saturated heterocycles. The fraction of sp³-hybridized carbons (Fsp3) is 0.261. The molecule has 0 unspecified atom stereocenters. The van der Waals surface area contributed by atoms with Gasteiger partial charge >= 0.3 is 0 Å². The number of likely N-dealkylation sites (tertiary alicyclic amines) is 1. The van der Waals surface area contributed by atoms with Crippen molar-refractivity contribution in [2.45, 2.75) is 19.8 Å². The zero-order valence-corrected chi connectivity index (χ0v) is 16.6. The molecular weight excluding hydrogens is 385 g/mol. The van der Waals surface area contributed by atoms with E-state index >= 15 is 0 Å². The van der Waals surface area contributed by atoms with E-state index in [0.29, 0.717) is 31.0 Å². The Morgan fingerprint density at radius 3 is 2.67 bits per heavy atom. The molecule has 3 aromatic rings. The van der Waals surface area contributed by atoms with Gasteiger partial charge in [-0.05, 0) is 55.2 Å². The zero-order chi connectivity index (χ0) is 21.1. The van der Waals surface area contributed by atoms with Crippen molar-refractivity contribution in [1.82, 2.24) is 10.1 Å². The molecule has 1 aliphatic heterocycles. The minimum absolute atomic E-state index is 0.125. The highest BCUT2D eigenvalue weighted by atomic mass is 19.1. The SMILES string of the molecule is Cc1cc(C(=O)N2CCC[C@@H](C(=O)Nc3cccc(-c4ccc(F)cc4)c3)C2)no1. The van der Waals surface area contributed by atoms with Crippen molar-refractivity contribution in [2.24, 2.45) is 5.92 Å². The van der Waals surface area contributed by atoms with Gasteiger partial charge in [-0.15, -0.1) is 0 Å². The molecule has 1 aliphatic rings. The average molecular weight is 407 g/mol. The maximum atomic E-state index is 13.2. The Bertz CT molecular complexity index is 1060. The Balaban J connectivity index is 1.43. The minimum Gasteiger partial charge on any atom is -0.361 e. The Labute approximate surface area is 173 Å². The molecule has 1 aromatic heterocycles. The van der Waals surface area contributed by atoms with Crippen LogP contribution in [0.25, 0.3) is 11.1 Å². The second-order valence-corrected chi connectivity index (χ2v) is 7.49. The van der Waals surface area contributed by atoms with Crippen molar-refractivity contribution < 1.29 is 18.5 Å². The van der Waals surface area contributed by atoms with Gasteiger partial charge in [0.1, 0.15) is 11.6 Å². The first kappa shape index (κ1) is 19.8. The van der Waals surface area contributed by atoms with Gasteiger partial charge in [-0.2, -0.15) is 0 Å². The van der Waals surface area contributed by atoms with Crippen LogP contribution in [0.2, 0.25) is 0 Å². The normalized spacial score (nSPS) is 16.3. The average Bonchev–Trinajstić information content (AvgIpc) is 3.20. The lowest BCUT2D eigenvalue weighted by molar-refractivity contribution is -0.121. The second-order valence-electron chi connectivity index (χ2n) is 7.49. The summed E-state index contributed by atoms with van der Waals surface area (Å²) in [6.45, 7) is 2.67. The van der Waals surface area contributed by atoms with Crippen molar-refractivity contribution in [3.63, 3.8) is 0 Å². The van der Waals surface area contributed by atoms with E-state index < -0.39 is 0 Å². The largest absolute Gasteiger partial charge is 0.361 e. The van der Waals surface area contributed by atoms with Gasteiger partial charge in [-0.3, -0.25) is 9.59 Å². The third-order valence-electron chi connectivity index (χ3n) is 5.23. The van der Waals surface area contributed by atoms with Gasteiger partial charge in [0, 0.05) is 24.8 Å². The van der Waals surface area contributed by atoms with Gasteiger partial charge in [0.2, 0.25) is 5.91 Å². The number of carbonyl (C=O) groups excluding carboxylic acids is 2. The monoisotopic (exact) mass is 407 g/mol. The summed E-state index contributed by atoms with van der Waals surface area (Å²) in [6.07, 6.45) is 1.46. The molecule has 6 nitrogen and oxygen atoms in total. The number of anilines is 1. The van der Waals surface area contributed by atoms with Crippen LogP contribution in [0.5, 0.6) is 0 Å². The molecule has 7 heteroatoms. The van der Waals surface area contributed by atoms with Gasteiger partial charge in [-0.25, -0.2) is 4.39 Å². The Kier molecular flexibility index (Phi) is 5.61. The van der Waals surface area contributed by atoms with E-state index in [1.807, 2.05) is 24.3 Å². The first-order valence-electron chi connectivity index (χ1n) is 9.89. The van der Waals surface area contributed by atoms with Gasteiger partial charge < -0.3 is 14.7 Å². The molecule has 0 spiro atoms. The number of benzene rings is 2. The number of aryl methyl sites for hydroxylation is 1. The van der Waals surface area contributed by atoms with Crippen molar-refractivity contribution in [2.75, 3.05) is 18.4 Å². The molecular formula is C23H22FN3O3. The van der Waals surface area contributed by atoms with Crippen LogP contribution in [0.4, 0.5) is 10.1 Å². The van der Waals surface area contributed by atoms with E-state index in [4.69, 9.17) is 4.52 Å². The van der Waals surface area contributed by atoms with E-state index in [1.54, 1.807) is 30.0 Å². The van der Waals surface area contributed by atoms with Crippen LogP contribution >= 0.6 is 0 Å². The lowest BCUT2D eigenvalue weighted by atomic mass is 9.96. The maximum absolute atomic E-state index is 13.2. The fourth-order valence-electron chi connectivity index (χ4n) is 3.67. The summed E-state index contributed by atoms with van der Waals surface area (Å²) >= 11 is 0. The topological polar surface area (TPSA) is 75.4 Å². The molecule has 0 bridgehead atoms. The molecule has 2 aromatic carbocycles. The van der Waals surface area contributed by atoms with Gasteiger partial charge in [0.05, 0.1) is 5.92 Å². The standard InChI is InChI=1S/C23H22FN3O3/c1-15-12-21(26-30-15)23(29)27-11-3-5-18(14-27)22(28)25-20-6-2-4-17(13-20)16-7-9-19(24)10-8-16/h2,4,6-10,12-13,18H,3,5,11,14H2,1H3,(H,25,28)/t18-/m1/s1. The summed E-state index contributed by atoms with van der Waals surface area (Å²) in [6, 6.07) is 15.2. The van der Waals surface area contributed by atoms with E-state index in [1.165, 1.54) is 12.1 Å². The number of halogens is 1. The fourth-order valence-corrected chi connectivity index (χ4v) is 3.67. The minimum atomic E-state index is -0.301. The highest BCUT2D eigenvalue weighted by molar-refractivity contribution is 5.95. The zero-order valence-electron chi connectivity index (χ0n) is 16.6. The second kappa shape index (κ2) is 8.49. The van der Waals surface area contributed by atoms with Crippen LogP contribution in [-0.2, 0) is 4.79 Å². The van der Waals surface area contributed by atoms with Crippen LogP contribution in [0, 0.1) is 18.7 Å². The van der Waals surface area contributed by atoms with Gasteiger partial charge in [0.15, 0.2) is 5.69 Å². The summed E-state index contributed by atoms with van der Waals surface area (Å²) in [5, 5.41) is 6.73. The third kappa shape index (κ3) is 4.40. The predicted molar refractivity (Wildman–Crippen MR) is 110 cm³/mol. The molecule has 1 fully saturated rings. The molecule has 0 radical (unpaired) electrons. The Morgan fingerprint density at radius 2 is 1.93 bits per heavy atom. The molecule has 30 heavy (non-hydrogen) atoms. The molecule has 0 aliphatic carbocycles. The molecule has 2 heterocycles. The highest BCUT2D eigenvalue weighted by Gasteiger charge is 2.30. The number of rotatable bonds is 4. The summed E-state index contributed by atoms with van der Waals surface area (Å²) < 4.78 is 18.1. The van der Waals surface area contributed by atoms with Crippen LogP contribution in [-0.4, -0.2) is 35.0 Å². The quantitative estimate of drug-likeness (QED) is 0.700. The summed E-state index contributed by atoms with van der Waals surface area (Å²) in [7, 11) is 0. The molecule has 4 rings (SSSR count). The van der Waals surface area contributed by atoms with Crippen molar-refractivity contribution in [3.8, 4) is 11.1 Å². The number of nitrogens with zero attached hydrogens (tertiary/aromatic N) is 2. The number of aromatic nitrogens is 1. The predicted octanol–water partition coefficient (Wildman–Crippen LogP) is 4.28. The van der Waals surface area contributed by atoms with Crippen LogP contribution < -0.4 is 5.32 Å². The molecule has 1 atom stereocenters.